The highest BCUT2D eigenvalue weighted by molar-refractivity contribution is 6.13. The lowest BCUT2D eigenvalue weighted by atomic mass is 10.0. The first-order valence-electron chi connectivity index (χ1n) is 7.17. The number of benzene rings is 1. The predicted molar refractivity (Wildman–Crippen MR) is 83.1 cm³/mol. The lowest BCUT2D eigenvalue weighted by molar-refractivity contribution is 0.0684. The summed E-state index contributed by atoms with van der Waals surface area (Å²) in [5.74, 6) is -2.25. The summed E-state index contributed by atoms with van der Waals surface area (Å²) in [5, 5.41) is 9.21. The zero-order valence-electron chi connectivity index (χ0n) is 12.5. The van der Waals surface area contributed by atoms with E-state index in [9.17, 15) is 24.3 Å². The first kappa shape index (κ1) is 16.4. The molecule has 0 amide bonds. The highest BCUT2D eigenvalue weighted by Gasteiger charge is 2.25. The third-order valence-corrected chi connectivity index (χ3v) is 3.40. The molecule has 0 radical (unpaired) electrons. The molecule has 1 aromatic carbocycles. The van der Waals surface area contributed by atoms with Crippen LogP contribution in [-0.4, -0.2) is 26.4 Å². The molecule has 1 aromatic heterocycles. The van der Waals surface area contributed by atoms with Gasteiger partial charge in [0.05, 0.1) is 0 Å². The van der Waals surface area contributed by atoms with Gasteiger partial charge >= 0.3 is 11.7 Å². The first-order valence-corrected chi connectivity index (χ1v) is 7.17. The zero-order valence-corrected chi connectivity index (χ0v) is 12.5. The van der Waals surface area contributed by atoms with Gasteiger partial charge in [-0.25, -0.2) is 9.59 Å². The molecule has 0 saturated carbocycles. The van der Waals surface area contributed by atoms with Crippen LogP contribution in [0, 0.1) is 0 Å². The van der Waals surface area contributed by atoms with Crippen molar-refractivity contribution < 1.29 is 14.7 Å². The van der Waals surface area contributed by atoms with Crippen molar-refractivity contribution in [3.8, 4) is 0 Å². The lowest BCUT2D eigenvalue weighted by Crippen LogP contribution is -2.41. The Kier molecular flexibility index (Phi) is 4.90. The number of carboxylic acids is 1. The molecule has 7 heteroatoms. The van der Waals surface area contributed by atoms with E-state index in [4.69, 9.17) is 0 Å². The quantitative estimate of drug-likeness (QED) is 0.780. The van der Waals surface area contributed by atoms with E-state index >= 15 is 0 Å². The van der Waals surface area contributed by atoms with Gasteiger partial charge in [-0.15, -0.1) is 0 Å². The number of hydrogen-bond donors (Lipinski definition) is 2. The number of rotatable bonds is 6. The van der Waals surface area contributed by atoms with Crippen molar-refractivity contribution >= 4 is 11.8 Å². The van der Waals surface area contributed by atoms with E-state index in [1.54, 1.807) is 18.2 Å². The second-order valence-corrected chi connectivity index (χ2v) is 4.99. The summed E-state index contributed by atoms with van der Waals surface area (Å²) in [7, 11) is 0. The summed E-state index contributed by atoms with van der Waals surface area (Å²) < 4.78 is 0.867. The molecule has 2 aromatic rings. The molecule has 2 N–H and O–H groups in total. The van der Waals surface area contributed by atoms with Gasteiger partial charge in [0.15, 0.2) is 0 Å². The van der Waals surface area contributed by atoms with Gasteiger partial charge in [-0.05, 0) is 6.42 Å². The third-order valence-electron chi connectivity index (χ3n) is 3.40. The number of aromatic nitrogens is 2. The van der Waals surface area contributed by atoms with Crippen molar-refractivity contribution in [3.63, 3.8) is 0 Å². The smallest absolute Gasteiger partial charge is 0.353 e. The first-order chi connectivity index (χ1) is 11.0. The van der Waals surface area contributed by atoms with Gasteiger partial charge in [-0.2, -0.15) is 0 Å². The number of carbonyl (C=O) groups excluding carboxylic acids is 1. The maximum absolute atomic E-state index is 12.5. The summed E-state index contributed by atoms with van der Waals surface area (Å²) in [5.41, 5.74) is -2.74. The summed E-state index contributed by atoms with van der Waals surface area (Å²) >= 11 is 0. The molecule has 0 fully saturated rings. The zero-order chi connectivity index (χ0) is 17.0. The Morgan fingerprint density at radius 1 is 1.17 bits per heavy atom. The number of aromatic amines is 1. The number of hydrogen-bond acceptors (Lipinski definition) is 4. The lowest BCUT2D eigenvalue weighted by Gasteiger charge is -2.09. The fourth-order valence-corrected chi connectivity index (χ4v) is 2.20. The number of nitrogens with zero attached hydrogens (tertiary/aromatic N) is 1. The van der Waals surface area contributed by atoms with Crippen LogP contribution in [0.4, 0.5) is 0 Å². The molecule has 120 valence electrons. The Bertz CT molecular complexity index is 849. The standard InChI is InChI=1S/C16H16N2O5/c1-2-3-9-18-14(20)11(12(15(21)22)17-16(18)23)13(19)10-7-5-4-6-8-10/h4-8H,2-3,9H2,1H3,(H,17,23)(H,21,22). The van der Waals surface area contributed by atoms with E-state index in [0.717, 1.165) is 11.0 Å². The number of carbonyl (C=O) groups is 2. The second kappa shape index (κ2) is 6.87. The maximum Gasteiger partial charge on any atom is 0.353 e. The fourth-order valence-electron chi connectivity index (χ4n) is 2.20. The minimum Gasteiger partial charge on any atom is -0.477 e. The molecule has 0 atom stereocenters. The van der Waals surface area contributed by atoms with Crippen LogP contribution in [0.3, 0.4) is 0 Å². The minimum atomic E-state index is -1.53. The Balaban J connectivity index is 2.69. The fraction of sp³-hybridized carbons (Fsp3) is 0.250. The molecule has 23 heavy (non-hydrogen) atoms. The summed E-state index contributed by atoms with van der Waals surface area (Å²) in [6, 6.07) is 7.87. The highest BCUT2D eigenvalue weighted by atomic mass is 16.4. The Hall–Kier alpha value is -2.96. The Morgan fingerprint density at radius 3 is 2.39 bits per heavy atom. The van der Waals surface area contributed by atoms with Gasteiger partial charge in [0.2, 0.25) is 5.78 Å². The molecule has 7 nitrogen and oxygen atoms in total. The average molecular weight is 316 g/mol. The molecule has 0 aliphatic carbocycles. The van der Waals surface area contributed by atoms with Crippen LogP contribution in [0.15, 0.2) is 39.9 Å². The van der Waals surface area contributed by atoms with Crippen molar-refractivity contribution in [1.29, 1.82) is 0 Å². The van der Waals surface area contributed by atoms with E-state index in [2.05, 4.69) is 4.98 Å². The van der Waals surface area contributed by atoms with Crippen LogP contribution in [0.2, 0.25) is 0 Å². The number of carboxylic acid groups (broad SMARTS) is 1. The van der Waals surface area contributed by atoms with Gasteiger partial charge in [0.1, 0.15) is 11.3 Å². The van der Waals surface area contributed by atoms with Crippen molar-refractivity contribution in [2.45, 2.75) is 26.3 Å². The third kappa shape index (κ3) is 3.28. The van der Waals surface area contributed by atoms with Crippen LogP contribution in [-0.2, 0) is 6.54 Å². The molecule has 0 aliphatic rings. The van der Waals surface area contributed by atoms with Crippen LogP contribution in [0.5, 0.6) is 0 Å². The molecular formula is C16H16N2O5. The molecular weight excluding hydrogens is 300 g/mol. The Labute approximate surface area is 131 Å². The molecule has 2 rings (SSSR count). The van der Waals surface area contributed by atoms with E-state index in [1.807, 2.05) is 6.92 Å². The average Bonchev–Trinajstić information content (AvgIpc) is 2.54. The second-order valence-electron chi connectivity index (χ2n) is 4.99. The molecule has 1 heterocycles. The maximum atomic E-state index is 12.5. The van der Waals surface area contributed by atoms with Crippen molar-refractivity contribution in [3.05, 3.63) is 68.0 Å². The van der Waals surface area contributed by atoms with E-state index in [1.165, 1.54) is 12.1 Å². The number of unbranched alkanes of at least 4 members (excludes halogenated alkanes) is 1. The molecule has 0 aliphatic heterocycles. The van der Waals surface area contributed by atoms with Crippen molar-refractivity contribution in [2.24, 2.45) is 0 Å². The normalized spacial score (nSPS) is 10.5. The van der Waals surface area contributed by atoms with Crippen molar-refractivity contribution in [1.82, 2.24) is 9.55 Å². The highest BCUT2D eigenvalue weighted by Crippen LogP contribution is 2.09. The van der Waals surface area contributed by atoms with Crippen LogP contribution >= 0.6 is 0 Å². The van der Waals surface area contributed by atoms with Gasteiger partial charge in [0.25, 0.3) is 5.56 Å². The predicted octanol–water partition coefficient (Wildman–Crippen LogP) is 1.27. The summed E-state index contributed by atoms with van der Waals surface area (Å²) in [6.07, 6.45) is 1.31. The summed E-state index contributed by atoms with van der Waals surface area (Å²) in [4.78, 5) is 50.4. The van der Waals surface area contributed by atoms with Crippen molar-refractivity contribution in [2.75, 3.05) is 0 Å². The van der Waals surface area contributed by atoms with Gasteiger partial charge in [0, 0.05) is 12.1 Å². The molecule has 0 saturated heterocycles. The topological polar surface area (TPSA) is 109 Å². The van der Waals surface area contributed by atoms with Gasteiger partial charge in [-0.1, -0.05) is 43.7 Å². The number of nitrogens with one attached hydrogen (secondary N) is 1. The minimum absolute atomic E-state index is 0.125. The van der Waals surface area contributed by atoms with Gasteiger partial charge in [-0.3, -0.25) is 14.2 Å². The number of ketones is 1. The number of aromatic carboxylic acids is 1. The Morgan fingerprint density at radius 2 is 1.83 bits per heavy atom. The van der Waals surface area contributed by atoms with Gasteiger partial charge < -0.3 is 10.1 Å². The van der Waals surface area contributed by atoms with E-state index < -0.39 is 34.3 Å². The SMILES string of the molecule is CCCCn1c(=O)[nH]c(C(=O)O)c(C(=O)c2ccccc2)c1=O. The molecule has 0 spiro atoms. The summed E-state index contributed by atoms with van der Waals surface area (Å²) in [6.45, 7) is 2.01. The largest absolute Gasteiger partial charge is 0.477 e. The molecule has 0 bridgehead atoms. The van der Waals surface area contributed by atoms with Crippen LogP contribution < -0.4 is 11.2 Å². The van der Waals surface area contributed by atoms with Crippen LogP contribution in [0.25, 0.3) is 0 Å². The molecule has 0 unspecified atom stereocenters. The number of H-pyrrole nitrogens is 1. The van der Waals surface area contributed by atoms with Crippen LogP contribution in [0.1, 0.15) is 46.2 Å². The van der Waals surface area contributed by atoms with E-state index in [0.29, 0.717) is 6.42 Å². The monoisotopic (exact) mass is 316 g/mol. The van der Waals surface area contributed by atoms with E-state index in [-0.39, 0.29) is 12.1 Å².